The number of fused-ring (bicyclic) bond motifs is 1. The second kappa shape index (κ2) is 13.1. The topological polar surface area (TPSA) is 120 Å². The summed E-state index contributed by atoms with van der Waals surface area (Å²) in [4.78, 5) is 24.3. The van der Waals surface area contributed by atoms with Crippen molar-refractivity contribution in [3.8, 4) is 11.5 Å². The predicted octanol–water partition coefficient (Wildman–Crippen LogP) is 5.21. The first kappa shape index (κ1) is 29.4. The molecule has 9 nitrogen and oxygen atoms in total. The predicted molar refractivity (Wildman–Crippen MR) is 144 cm³/mol. The Morgan fingerprint density at radius 1 is 1.24 bits per heavy atom. The number of nitrogens with one attached hydrogen (secondary N) is 1. The van der Waals surface area contributed by atoms with Gasteiger partial charge in [0.1, 0.15) is 36.1 Å². The van der Waals surface area contributed by atoms with E-state index in [1.165, 1.54) is 0 Å². The number of carbonyl (C=O) groups excluding carboxylic acids is 2. The fourth-order valence-corrected chi connectivity index (χ4v) is 6.03. The first-order valence-electron chi connectivity index (χ1n) is 12.6. The van der Waals surface area contributed by atoms with Gasteiger partial charge in [0.2, 0.25) is 0 Å². The molecule has 1 aliphatic heterocycles. The van der Waals surface area contributed by atoms with E-state index in [1.807, 2.05) is 32.9 Å². The summed E-state index contributed by atoms with van der Waals surface area (Å²) >= 11 is 0. The average Bonchev–Trinajstić information content (AvgIpc) is 3.27. The van der Waals surface area contributed by atoms with Crippen LogP contribution in [-0.2, 0) is 43.0 Å². The zero-order chi connectivity index (χ0) is 27.9. The fraction of sp³-hybridized carbons (Fsp3) is 0.429. The Hall–Kier alpha value is -3.13. The van der Waals surface area contributed by atoms with E-state index in [0.717, 1.165) is 22.3 Å². The summed E-state index contributed by atoms with van der Waals surface area (Å²) in [6, 6.07) is 7.78. The van der Waals surface area contributed by atoms with Crippen molar-refractivity contribution in [1.29, 1.82) is 0 Å². The highest BCUT2D eigenvalue weighted by Crippen LogP contribution is 2.44. The van der Waals surface area contributed by atoms with Crippen molar-refractivity contribution in [1.82, 2.24) is 5.09 Å². The second-order valence-corrected chi connectivity index (χ2v) is 11.2. The van der Waals surface area contributed by atoms with Crippen LogP contribution in [0.1, 0.15) is 60.3 Å². The van der Waals surface area contributed by atoms with Crippen LogP contribution in [0.15, 0.2) is 42.0 Å². The van der Waals surface area contributed by atoms with Crippen LogP contribution in [0, 0.1) is 6.92 Å². The minimum absolute atomic E-state index is 0.0344. The van der Waals surface area contributed by atoms with Crippen molar-refractivity contribution in [2.24, 2.45) is 0 Å². The van der Waals surface area contributed by atoms with Crippen molar-refractivity contribution in [3.05, 3.63) is 69.8 Å². The van der Waals surface area contributed by atoms with Gasteiger partial charge in [-0.1, -0.05) is 36.8 Å². The number of ether oxygens (including phenoxy) is 3. The van der Waals surface area contributed by atoms with Crippen LogP contribution in [0.4, 0.5) is 0 Å². The van der Waals surface area contributed by atoms with E-state index in [-0.39, 0.29) is 37.5 Å². The molecule has 2 N–H and O–H groups in total. The number of phenols is 1. The zero-order valence-electron chi connectivity index (χ0n) is 22.5. The lowest BCUT2D eigenvalue weighted by Gasteiger charge is -2.23. The number of hydrogen-bond donors (Lipinski definition) is 2. The Kier molecular flexibility index (Phi) is 10.1. The van der Waals surface area contributed by atoms with Crippen LogP contribution in [0.25, 0.3) is 0 Å². The van der Waals surface area contributed by atoms with Crippen LogP contribution < -0.4 is 9.61 Å². The monoisotopic (exact) mass is 545 g/mol. The van der Waals surface area contributed by atoms with Crippen LogP contribution in [0.3, 0.4) is 0 Å². The molecule has 0 spiro atoms. The highest BCUT2D eigenvalue weighted by Gasteiger charge is 2.32. The van der Waals surface area contributed by atoms with Crippen molar-refractivity contribution in [2.75, 3.05) is 19.6 Å². The number of para-hydroxylation sites is 1. The van der Waals surface area contributed by atoms with Gasteiger partial charge in [-0.15, -0.1) is 0 Å². The number of hydrogen-bond acceptors (Lipinski definition) is 8. The molecule has 2 atom stereocenters. The number of phenolic OH excluding ortho intramolecular Hbond substituents is 1. The van der Waals surface area contributed by atoms with Gasteiger partial charge in [-0.3, -0.25) is 9.36 Å². The largest absolute Gasteiger partial charge is 0.507 e. The molecule has 2 aromatic carbocycles. The first-order valence-corrected chi connectivity index (χ1v) is 14.5. The van der Waals surface area contributed by atoms with E-state index in [2.05, 4.69) is 5.09 Å². The minimum atomic E-state index is -3.64. The number of rotatable bonds is 13. The molecule has 1 heterocycles. The normalized spacial score (nSPS) is 15.4. The molecular weight excluding hydrogens is 509 g/mol. The van der Waals surface area contributed by atoms with Crippen molar-refractivity contribution >= 4 is 19.5 Å². The van der Waals surface area contributed by atoms with E-state index < -0.39 is 25.5 Å². The fourth-order valence-electron chi connectivity index (χ4n) is 4.36. The lowest BCUT2D eigenvalue weighted by atomic mass is 9.89. The number of esters is 2. The van der Waals surface area contributed by atoms with Gasteiger partial charge < -0.3 is 23.8 Å². The van der Waals surface area contributed by atoms with E-state index in [0.29, 0.717) is 24.2 Å². The van der Waals surface area contributed by atoms with E-state index in [1.54, 1.807) is 38.1 Å². The van der Waals surface area contributed by atoms with Crippen LogP contribution in [0.2, 0.25) is 0 Å². The van der Waals surface area contributed by atoms with Crippen molar-refractivity contribution in [2.45, 2.75) is 60.1 Å². The summed E-state index contributed by atoms with van der Waals surface area (Å²) in [5, 5.41) is 13.6. The summed E-state index contributed by atoms with van der Waals surface area (Å²) in [6.45, 7) is 9.58. The lowest BCUT2D eigenvalue weighted by molar-refractivity contribution is -0.144. The number of benzene rings is 2. The third-order valence-electron chi connectivity index (χ3n) is 6.27. The summed E-state index contributed by atoms with van der Waals surface area (Å²) < 4.78 is 35.3. The number of allylic oxidation sites excluding steroid dienone is 1. The average molecular weight is 546 g/mol. The maximum Gasteiger partial charge on any atom is 0.342 e. The van der Waals surface area contributed by atoms with Crippen molar-refractivity contribution in [3.63, 3.8) is 0 Å². The van der Waals surface area contributed by atoms with Crippen LogP contribution in [-0.4, -0.2) is 42.6 Å². The molecule has 3 rings (SSSR count). The van der Waals surface area contributed by atoms with Gasteiger partial charge in [-0.05, 0) is 63.8 Å². The quantitative estimate of drug-likeness (QED) is 0.199. The Balaban J connectivity index is 1.71. The molecule has 0 bridgehead atoms. The molecule has 10 heteroatoms. The molecule has 0 amide bonds. The standard InChI is InChI=1S/C28H36NO8P/c1-6-22-19(4)24-16-36-28(32)25(24)26(30)23(22)14-13-18(3)15-34-17-38(33,29-20(5)27(31)35-7-2)37-21-11-9-8-10-12-21/h8-13,20,30H,6-7,14-17H2,1-5H3,(H,29,33)/t20-,38?/m0/s1. The first-order chi connectivity index (χ1) is 18.1. The Morgan fingerprint density at radius 3 is 2.61 bits per heavy atom. The third kappa shape index (κ3) is 7.04. The van der Waals surface area contributed by atoms with E-state index >= 15 is 0 Å². The van der Waals surface area contributed by atoms with Gasteiger partial charge in [0.15, 0.2) is 0 Å². The Morgan fingerprint density at radius 2 is 1.95 bits per heavy atom. The zero-order valence-corrected chi connectivity index (χ0v) is 23.4. The van der Waals surface area contributed by atoms with Gasteiger partial charge in [0.05, 0.1) is 13.2 Å². The molecule has 2 aromatic rings. The molecule has 0 fully saturated rings. The maximum atomic E-state index is 13.6. The van der Waals surface area contributed by atoms with Gasteiger partial charge >= 0.3 is 19.5 Å². The molecule has 0 radical (unpaired) electrons. The van der Waals surface area contributed by atoms with Crippen LogP contribution >= 0.6 is 7.52 Å². The molecule has 0 saturated heterocycles. The molecular formula is C28H36NO8P. The highest BCUT2D eigenvalue weighted by molar-refractivity contribution is 7.57. The molecule has 0 aromatic heterocycles. The molecule has 206 valence electrons. The van der Waals surface area contributed by atoms with Crippen LogP contribution in [0.5, 0.6) is 11.5 Å². The summed E-state index contributed by atoms with van der Waals surface area (Å²) in [7, 11) is -3.64. The number of aromatic hydroxyl groups is 1. The second-order valence-electron chi connectivity index (χ2n) is 9.13. The van der Waals surface area contributed by atoms with Gasteiger partial charge in [0.25, 0.3) is 0 Å². The molecule has 1 aliphatic rings. The molecule has 0 aliphatic carbocycles. The smallest absolute Gasteiger partial charge is 0.342 e. The van der Waals surface area contributed by atoms with Gasteiger partial charge in [-0.25, -0.2) is 9.88 Å². The maximum absolute atomic E-state index is 13.6. The summed E-state index contributed by atoms with van der Waals surface area (Å²) in [6.07, 6.45) is 2.70. The van der Waals surface area contributed by atoms with Crippen molar-refractivity contribution < 1.29 is 38.0 Å². The third-order valence-corrected chi connectivity index (χ3v) is 8.08. The number of cyclic esters (lactones) is 1. The minimum Gasteiger partial charge on any atom is -0.507 e. The summed E-state index contributed by atoms with van der Waals surface area (Å²) in [5.74, 6) is -0.705. The number of carbonyl (C=O) groups is 2. The van der Waals surface area contributed by atoms with E-state index in [9.17, 15) is 19.3 Å². The Bertz CT molecular complexity index is 1240. The SMILES string of the molecule is CCOC(=O)[C@H](C)NP(=O)(COCC(C)=CCc1c(O)c2c(c(C)c1CC)COC2=O)Oc1ccccc1. The van der Waals surface area contributed by atoms with E-state index in [4.69, 9.17) is 18.7 Å². The molecule has 0 saturated carbocycles. The molecule has 38 heavy (non-hydrogen) atoms. The van der Waals surface area contributed by atoms with Gasteiger partial charge in [-0.2, -0.15) is 0 Å². The lowest BCUT2D eigenvalue weighted by Crippen LogP contribution is -2.35. The van der Waals surface area contributed by atoms with Gasteiger partial charge in [0, 0.05) is 11.1 Å². The highest BCUT2D eigenvalue weighted by atomic mass is 31.2. The summed E-state index contributed by atoms with van der Waals surface area (Å²) in [5.41, 5.74) is 4.46. The molecule has 1 unspecified atom stereocenters. The Labute approximate surface area is 223 Å².